The molecule has 2 aromatic rings. The Kier molecular flexibility index (Phi) is 6.04. The predicted molar refractivity (Wildman–Crippen MR) is 99.0 cm³/mol. The van der Waals surface area contributed by atoms with Gasteiger partial charge < -0.3 is 15.6 Å². The monoisotopic (exact) mass is 356 g/mol. The Morgan fingerprint density at radius 2 is 1.88 bits per heavy atom. The fourth-order valence-corrected chi connectivity index (χ4v) is 3.14. The number of aromatic nitrogens is 1. The third-order valence-electron chi connectivity index (χ3n) is 4.55. The van der Waals surface area contributed by atoms with E-state index in [2.05, 4.69) is 9.88 Å². The third kappa shape index (κ3) is 4.71. The lowest BCUT2D eigenvalue weighted by Gasteiger charge is -2.37. The molecule has 7 heteroatoms. The van der Waals surface area contributed by atoms with E-state index in [0.29, 0.717) is 31.1 Å². The van der Waals surface area contributed by atoms with Gasteiger partial charge in [-0.3, -0.25) is 14.6 Å². The molecule has 0 unspecified atom stereocenters. The number of carboxylic acid groups (broad SMARTS) is 1. The van der Waals surface area contributed by atoms with E-state index in [1.807, 2.05) is 35.2 Å². The fourth-order valence-electron chi connectivity index (χ4n) is 3.14. The van der Waals surface area contributed by atoms with E-state index < -0.39 is 12.0 Å². The average molecular weight is 356 g/mol. The van der Waals surface area contributed by atoms with Crippen molar-refractivity contribution >= 4 is 11.8 Å². The van der Waals surface area contributed by atoms with E-state index in [1.165, 1.54) is 0 Å². The Morgan fingerprint density at radius 3 is 2.50 bits per heavy atom. The molecule has 0 spiro atoms. The Hall–Kier alpha value is -2.64. The van der Waals surface area contributed by atoms with Crippen molar-refractivity contribution in [3.8, 4) is 5.75 Å². The van der Waals surface area contributed by atoms with Gasteiger partial charge in [-0.1, -0.05) is 24.3 Å². The molecule has 2 heterocycles. The zero-order valence-electron chi connectivity index (χ0n) is 14.6. The molecule has 7 nitrogen and oxygen atoms in total. The largest absolute Gasteiger partial charge is 0.492 e. The van der Waals surface area contributed by atoms with Crippen molar-refractivity contribution in [2.24, 2.45) is 0 Å². The molecule has 0 aliphatic carbocycles. The summed E-state index contributed by atoms with van der Waals surface area (Å²) in [4.78, 5) is 20.1. The van der Waals surface area contributed by atoms with Crippen LogP contribution in [0.1, 0.15) is 11.6 Å². The number of carboxylic acids is 1. The van der Waals surface area contributed by atoms with Gasteiger partial charge in [-0.2, -0.15) is 0 Å². The standard InChI is InChI=1S/C19H24N4O3/c20-17-7-6-15(14-21-17)18(19(24)25)23-10-8-22(9-11-23)12-13-26-16-4-2-1-3-5-16/h1-7,14,18H,8-13H2,(H2,20,21)(H,24,25)/t18-/m0/s1. The number of benzene rings is 1. The molecular formula is C19H24N4O3. The highest BCUT2D eigenvalue weighted by Gasteiger charge is 2.30. The lowest BCUT2D eigenvalue weighted by atomic mass is 10.1. The smallest absolute Gasteiger partial charge is 0.325 e. The van der Waals surface area contributed by atoms with Crippen molar-refractivity contribution in [2.75, 3.05) is 45.1 Å². The molecule has 0 bridgehead atoms. The summed E-state index contributed by atoms with van der Waals surface area (Å²) in [5.41, 5.74) is 6.26. The van der Waals surface area contributed by atoms with Crippen LogP contribution in [0.3, 0.4) is 0 Å². The van der Waals surface area contributed by atoms with Crippen LogP contribution in [0.5, 0.6) is 5.75 Å². The molecule has 1 aromatic carbocycles. The van der Waals surface area contributed by atoms with E-state index in [0.717, 1.165) is 25.4 Å². The molecule has 1 atom stereocenters. The molecule has 1 aliphatic rings. The Balaban J connectivity index is 1.50. The van der Waals surface area contributed by atoms with E-state index in [4.69, 9.17) is 10.5 Å². The second kappa shape index (κ2) is 8.64. The molecule has 1 fully saturated rings. The van der Waals surface area contributed by atoms with Gasteiger partial charge in [-0.15, -0.1) is 0 Å². The van der Waals surface area contributed by atoms with Gasteiger partial charge in [0, 0.05) is 38.9 Å². The first-order valence-corrected chi connectivity index (χ1v) is 8.72. The predicted octanol–water partition coefficient (Wildman–Crippen LogP) is 1.49. The van der Waals surface area contributed by atoms with Gasteiger partial charge in [-0.05, 0) is 23.8 Å². The molecule has 1 aromatic heterocycles. The second-order valence-corrected chi connectivity index (χ2v) is 6.30. The molecule has 0 saturated carbocycles. The Labute approximate surface area is 153 Å². The summed E-state index contributed by atoms with van der Waals surface area (Å²) in [6.45, 7) is 4.44. The van der Waals surface area contributed by atoms with E-state index in [1.54, 1.807) is 18.3 Å². The molecule has 138 valence electrons. The highest BCUT2D eigenvalue weighted by atomic mass is 16.5. The van der Waals surface area contributed by atoms with Crippen molar-refractivity contribution in [2.45, 2.75) is 6.04 Å². The summed E-state index contributed by atoms with van der Waals surface area (Å²) < 4.78 is 5.73. The third-order valence-corrected chi connectivity index (χ3v) is 4.55. The van der Waals surface area contributed by atoms with E-state index in [-0.39, 0.29) is 0 Å². The van der Waals surface area contributed by atoms with Crippen LogP contribution in [-0.4, -0.2) is 65.2 Å². The number of nitrogens with two attached hydrogens (primary N) is 1. The highest BCUT2D eigenvalue weighted by Crippen LogP contribution is 2.22. The summed E-state index contributed by atoms with van der Waals surface area (Å²) in [7, 11) is 0. The summed E-state index contributed by atoms with van der Waals surface area (Å²) in [6, 6.07) is 12.4. The van der Waals surface area contributed by atoms with Crippen molar-refractivity contribution in [3.63, 3.8) is 0 Å². The SMILES string of the molecule is Nc1ccc([C@@H](C(=O)O)N2CCN(CCOc3ccccc3)CC2)cn1. The topological polar surface area (TPSA) is 91.9 Å². The van der Waals surface area contributed by atoms with Gasteiger partial charge in [-0.25, -0.2) is 4.98 Å². The average Bonchev–Trinajstić information content (AvgIpc) is 2.65. The quantitative estimate of drug-likeness (QED) is 0.776. The van der Waals surface area contributed by atoms with Crippen LogP contribution in [0.4, 0.5) is 5.82 Å². The number of rotatable bonds is 7. The zero-order valence-corrected chi connectivity index (χ0v) is 14.6. The molecule has 3 N–H and O–H groups in total. The maximum Gasteiger partial charge on any atom is 0.325 e. The van der Waals surface area contributed by atoms with Crippen molar-refractivity contribution in [3.05, 3.63) is 54.2 Å². The van der Waals surface area contributed by atoms with Gasteiger partial charge in [0.25, 0.3) is 0 Å². The van der Waals surface area contributed by atoms with Gasteiger partial charge in [0.2, 0.25) is 0 Å². The zero-order chi connectivity index (χ0) is 18.4. The summed E-state index contributed by atoms with van der Waals surface area (Å²) in [5.74, 6) is 0.395. The van der Waals surface area contributed by atoms with Crippen molar-refractivity contribution < 1.29 is 14.6 Å². The van der Waals surface area contributed by atoms with Crippen LogP contribution in [0, 0.1) is 0 Å². The number of nitrogens with zero attached hydrogens (tertiary/aromatic N) is 3. The second-order valence-electron chi connectivity index (χ2n) is 6.30. The number of nitrogen functional groups attached to an aromatic ring is 1. The first-order chi connectivity index (χ1) is 12.6. The maximum atomic E-state index is 11.8. The maximum absolute atomic E-state index is 11.8. The first-order valence-electron chi connectivity index (χ1n) is 8.72. The van der Waals surface area contributed by atoms with E-state index >= 15 is 0 Å². The first kappa shape index (κ1) is 18.2. The molecule has 0 radical (unpaired) electrons. The lowest BCUT2D eigenvalue weighted by molar-refractivity contribution is -0.144. The highest BCUT2D eigenvalue weighted by molar-refractivity contribution is 5.75. The molecule has 26 heavy (non-hydrogen) atoms. The Bertz CT molecular complexity index is 700. The fraction of sp³-hybridized carbons (Fsp3) is 0.368. The van der Waals surface area contributed by atoms with Crippen LogP contribution in [0.25, 0.3) is 0 Å². The summed E-state index contributed by atoms with van der Waals surface area (Å²) >= 11 is 0. The van der Waals surface area contributed by atoms with Crippen LogP contribution >= 0.6 is 0 Å². The van der Waals surface area contributed by atoms with Gasteiger partial charge >= 0.3 is 5.97 Å². The van der Waals surface area contributed by atoms with Crippen LogP contribution < -0.4 is 10.5 Å². The molecule has 3 rings (SSSR count). The lowest BCUT2D eigenvalue weighted by Crippen LogP contribution is -2.50. The number of hydrogen-bond acceptors (Lipinski definition) is 6. The number of pyridine rings is 1. The number of piperazine rings is 1. The number of carbonyl (C=O) groups is 1. The van der Waals surface area contributed by atoms with Crippen molar-refractivity contribution in [1.29, 1.82) is 0 Å². The van der Waals surface area contributed by atoms with Gasteiger partial charge in [0.1, 0.15) is 24.2 Å². The number of aliphatic carboxylic acids is 1. The Morgan fingerprint density at radius 1 is 1.15 bits per heavy atom. The minimum Gasteiger partial charge on any atom is -0.492 e. The number of hydrogen-bond donors (Lipinski definition) is 2. The van der Waals surface area contributed by atoms with Crippen molar-refractivity contribution in [1.82, 2.24) is 14.8 Å². The van der Waals surface area contributed by atoms with Crippen LogP contribution in [-0.2, 0) is 4.79 Å². The van der Waals surface area contributed by atoms with Crippen LogP contribution in [0.15, 0.2) is 48.7 Å². The van der Waals surface area contributed by atoms with Gasteiger partial charge in [0.05, 0.1) is 0 Å². The molecule has 1 saturated heterocycles. The molecule has 0 amide bonds. The summed E-state index contributed by atoms with van der Waals surface area (Å²) in [5, 5.41) is 9.65. The number of para-hydroxylation sites is 1. The minimum absolute atomic E-state index is 0.390. The van der Waals surface area contributed by atoms with E-state index in [9.17, 15) is 9.90 Å². The number of anilines is 1. The number of ether oxygens (including phenoxy) is 1. The summed E-state index contributed by atoms with van der Waals surface area (Å²) in [6.07, 6.45) is 1.55. The molecule has 1 aliphatic heterocycles. The minimum atomic E-state index is -0.863. The van der Waals surface area contributed by atoms with Crippen LogP contribution in [0.2, 0.25) is 0 Å². The molecular weight excluding hydrogens is 332 g/mol. The normalized spacial score (nSPS) is 16.9. The van der Waals surface area contributed by atoms with Gasteiger partial charge in [0.15, 0.2) is 0 Å².